The zero-order valence-electron chi connectivity index (χ0n) is 25.4. The number of aromatic nitrogens is 3. The van der Waals surface area contributed by atoms with E-state index < -0.39 is 9.84 Å². The molecule has 0 saturated carbocycles. The van der Waals surface area contributed by atoms with Gasteiger partial charge in [-0.25, -0.2) is 13.4 Å². The van der Waals surface area contributed by atoms with E-state index in [2.05, 4.69) is 41.9 Å². The molecule has 1 atom stereocenters. The first-order valence-electron chi connectivity index (χ1n) is 15.1. The van der Waals surface area contributed by atoms with Crippen LogP contribution in [0.4, 0.5) is 11.5 Å². The molecule has 234 valence electrons. The van der Waals surface area contributed by atoms with E-state index in [1.54, 1.807) is 37.7 Å². The predicted octanol–water partition coefficient (Wildman–Crippen LogP) is 3.71. The molecule has 2 fully saturated rings. The second kappa shape index (κ2) is 12.7. The number of nitrogens with zero attached hydrogens (tertiary/aromatic N) is 4. The van der Waals surface area contributed by atoms with Crippen molar-refractivity contribution < 1.29 is 22.9 Å². The van der Waals surface area contributed by atoms with Crippen LogP contribution in [0.2, 0.25) is 0 Å². The molecule has 4 heterocycles. The number of thiocarbonyl (C=S) groups is 1. The first-order chi connectivity index (χ1) is 21.2. The molecule has 44 heavy (non-hydrogen) atoms. The van der Waals surface area contributed by atoms with Crippen LogP contribution in [0, 0.1) is 0 Å². The van der Waals surface area contributed by atoms with E-state index in [0.717, 1.165) is 78.3 Å². The number of ether oxygens (including phenoxy) is 2. The fourth-order valence-corrected chi connectivity index (χ4v) is 7.10. The summed E-state index contributed by atoms with van der Waals surface area (Å²) in [7, 11) is -1.57. The van der Waals surface area contributed by atoms with Crippen LogP contribution in [0.3, 0.4) is 0 Å². The number of nitrogens with one attached hydrogen (secondary N) is 3. The van der Waals surface area contributed by atoms with Crippen molar-refractivity contribution in [3.05, 3.63) is 42.7 Å². The summed E-state index contributed by atoms with van der Waals surface area (Å²) >= 11 is 5.68. The monoisotopic (exact) mass is 638 g/mol. The number of likely N-dealkylation sites (tertiary alicyclic amines) is 1. The van der Waals surface area contributed by atoms with Gasteiger partial charge in [0.05, 0.1) is 50.3 Å². The minimum absolute atomic E-state index is 0.281. The van der Waals surface area contributed by atoms with Gasteiger partial charge >= 0.3 is 0 Å². The quantitative estimate of drug-likeness (QED) is 0.208. The zero-order valence-corrected chi connectivity index (χ0v) is 27.1. The van der Waals surface area contributed by atoms with Gasteiger partial charge in [-0.15, -0.1) is 0 Å². The SMILES string of the molecule is COc1cc2c(cc1OCCCN1CCCC1C)[nH]c1nc[nH+]c(N3CCN(C(=S)Nc4ccc(S(C)(=O)=O)cc4)CC3)c12. The molecule has 1 unspecified atom stereocenters. The lowest BCUT2D eigenvalue weighted by atomic mass is 10.1. The van der Waals surface area contributed by atoms with Gasteiger partial charge in [-0.2, -0.15) is 0 Å². The van der Waals surface area contributed by atoms with Crippen molar-refractivity contribution in [3.8, 4) is 11.5 Å². The molecule has 0 radical (unpaired) electrons. The Morgan fingerprint density at radius 1 is 1.14 bits per heavy atom. The van der Waals surface area contributed by atoms with Gasteiger partial charge in [-0.3, -0.25) is 4.90 Å². The minimum atomic E-state index is -3.24. The minimum Gasteiger partial charge on any atom is -0.493 e. The van der Waals surface area contributed by atoms with E-state index in [1.165, 1.54) is 25.6 Å². The first-order valence-corrected chi connectivity index (χ1v) is 17.4. The standard InChI is InChI=1S/C31H39N7O4S2/c1-21-6-4-11-36(21)12-5-17-42-27-19-25-24(18-26(27)41-2)28-29(35-25)32-20-33-30(28)37-13-15-38(16-14-37)31(43)34-22-7-9-23(10-8-22)44(3,39)40/h7-10,18-21H,4-6,11-17H2,1-3H3,(H,34,43)(H,32,33,35)/p+1. The second-order valence-electron chi connectivity index (χ2n) is 11.6. The Hall–Kier alpha value is -3.68. The molecule has 6 rings (SSSR count). The van der Waals surface area contributed by atoms with Crippen LogP contribution in [-0.2, 0) is 9.84 Å². The molecule has 0 aliphatic carbocycles. The fraction of sp³-hybridized carbons (Fsp3) is 0.452. The Kier molecular flexibility index (Phi) is 8.79. The molecule has 2 aliphatic rings. The molecule has 4 aromatic rings. The van der Waals surface area contributed by atoms with Gasteiger partial charge < -0.3 is 29.6 Å². The van der Waals surface area contributed by atoms with Crippen molar-refractivity contribution in [1.29, 1.82) is 0 Å². The number of rotatable bonds is 9. The number of sulfone groups is 1. The number of anilines is 2. The Morgan fingerprint density at radius 2 is 1.91 bits per heavy atom. The summed E-state index contributed by atoms with van der Waals surface area (Å²) in [4.78, 5) is 18.7. The first kappa shape index (κ1) is 30.4. The van der Waals surface area contributed by atoms with Crippen LogP contribution in [0.5, 0.6) is 11.5 Å². The van der Waals surface area contributed by atoms with E-state index in [9.17, 15) is 8.42 Å². The van der Waals surface area contributed by atoms with E-state index in [4.69, 9.17) is 21.7 Å². The summed E-state index contributed by atoms with van der Waals surface area (Å²) in [6.45, 7) is 8.13. The number of aromatic amines is 2. The molecule has 2 saturated heterocycles. The third-order valence-electron chi connectivity index (χ3n) is 8.65. The second-order valence-corrected chi connectivity index (χ2v) is 14.0. The molecule has 11 nitrogen and oxygen atoms in total. The predicted molar refractivity (Wildman–Crippen MR) is 177 cm³/mol. The third kappa shape index (κ3) is 6.40. The molecule has 0 bridgehead atoms. The van der Waals surface area contributed by atoms with E-state index in [1.807, 2.05) is 12.1 Å². The summed E-state index contributed by atoms with van der Waals surface area (Å²) in [5, 5.41) is 5.88. The van der Waals surface area contributed by atoms with Crippen LogP contribution in [-0.4, -0.2) is 98.6 Å². The molecule has 0 spiro atoms. The number of piperazine rings is 1. The number of fused-ring (bicyclic) bond motifs is 3. The highest BCUT2D eigenvalue weighted by molar-refractivity contribution is 7.90. The number of methoxy groups -OCH3 is 1. The highest BCUT2D eigenvalue weighted by Gasteiger charge is 2.28. The Balaban J connectivity index is 1.13. The largest absolute Gasteiger partial charge is 0.493 e. The Morgan fingerprint density at radius 3 is 2.59 bits per heavy atom. The summed E-state index contributed by atoms with van der Waals surface area (Å²) in [5.41, 5.74) is 2.50. The van der Waals surface area contributed by atoms with Gasteiger partial charge in [0.15, 0.2) is 26.4 Å². The van der Waals surface area contributed by atoms with Crippen LogP contribution >= 0.6 is 12.2 Å². The van der Waals surface area contributed by atoms with Gasteiger partial charge in [0.2, 0.25) is 17.8 Å². The lowest BCUT2D eigenvalue weighted by Crippen LogP contribution is -2.51. The molecule has 13 heteroatoms. The molecule has 2 aromatic carbocycles. The maximum Gasteiger partial charge on any atom is 0.234 e. The van der Waals surface area contributed by atoms with E-state index in [-0.39, 0.29) is 4.90 Å². The molecular weight excluding hydrogens is 599 g/mol. The summed E-state index contributed by atoms with van der Waals surface area (Å²) in [6.07, 6.45) is 6.46. The Labute approximate surface area is 263 Å². The van der Waals surface area contributed by atoms with Gasteiger partial charge in [0, 0.05) is 36.0 Å². The van der Waals surface area contributed by atoms with Crippen molar-refractivity contribution >= 4 is 60.6 Å². The van der Waals surface area contributed by atoms with Crippen molar-refractivity contribution in [3.63, 3.8) is 0 Å². The number of H-pyrrole nitrogens is 2. The molecule has 2 aliphatic heterocycles. The lowest BCUT2D eigenvalue weighted by molar-refractivity contribution is -0.367. The van der Waals surface area contributed by atoms with Crippen molar-refractivity contribution in [2.45, 2.75) is 37.1 Å². The fourth-order valence-electron chi connectivity index (χ4n) is 6.17. The number of hydrogen-bond acceptors (Lipinski definition) is 8. The van der Waals surface area contributed by atoms with Crippen molar-refractivity contribution in [2.24, 2.45) is 0 Å². The van der Waals surface area contributed by atoms with Crippen molar-refractivity contribution in [2.75, 3.05) is 69.5 Å². The number of benzene rings is 2. The number of hydrogen-bond donors (Lipinski definition) is 2. The highest BCUT2D eigenvalue weighted by atomic mass is 32.2. The summed E-state index contributed by atoms with van der Waals surface area (Å²) in [5.74, 6) is 2.42. The Bertz CT molecular complexity index is 1750. The zero-order chi connectivity index (χ0) is 30.8. The molecule has 3 N–H and O–H groups in total. The van der Waals surface area contributed by atoms with Crippen LogP contribution in [0.25, 0.3) is 21.9 Å². The summed E-state index contributed by atoms with van der Waals surface area (Å²) in [6, 6.07) is 11.4. The highest BCUT2D eigenvalue weighted by Crippen LogP contribution is 2.38. The molecule has 0 amide bonds. The lowest BCUT2D eigenvalue weighted by Gasteiger charge is -2.34. The van der Waals surface area contributed by atoms with Crippen LogP contribution in [0.1, 0.15) is 26.2 Å². The summed E-state index contributed by atoms with van der Waals surface area (Å²) < 4.78 is 35.5. The van der Waals surface area contributed by atoms with E-state index >= 15 is 0 Å². The normalized spacial score (nSPS) is 17.8. The van der Waals surface area contributed by atoms with E-state index in [0.29, 0.717) is 23.5 Å². The van der Waals surface area contributed by atoms with Gasteiger partial charge in [-0.1, -0.05) is 4.98 Å². The van der Waals surface area contributed by atoms with Crippen LogP contribution in [0.15, 0.2) is 47.6 Å². The average Bonchev–Trinajstić information content (AvgIpc) is 3.60. The maximum absolute atomic E-state index is 11.8. The van der Waals surface area contributed by atoms with Gasteiger partial charge in [-0.05, 0) is 75.3 Å². The third-order valence-corrected chi connectivity index (χ3v) is 10.1. The van der Waals surface area contributed by atoms with Gasteiger partial charge in [0.25, 0.3) is 0 Å². The van der Waals surface area contributed by atoms with Gasteiger partial charge in [0.1, 0.15) is 5.39 Å². The topological polar surface area (TPSA) is 117 Å². The maximum atomic E-state index is 11.8. The molecular formula is C31H40N7O4S2+. The average molecular weight is 639 g/mol. The molecule has 2 aromatic heterocycles. The smallest absolute Gasteiger partial charge is 0.234 e. The van der Waals surface area contributed by atoms with Crippen molar-refractivity contribution in [1.82, 2.24) is 19.8 Å². The van der Waals surface area contributed by atoms with Crippen LogP contribution < -0.4 is 24.7 Å².